The average Bonchev–Trinajstić information content (AvgIpc) is 2.85. The number of aryl methyl sites for hydroxylation is 3. The minimum absolute atomic E-state index is 0. The molecule has 1 aromatic heterocycles. The molecule has 4 heteroatoms. The molecular formula is C33H44IrNO2-. The zero-order chi connectivity index (χ0) is 26.7. The minimum atomic E-state index is 0. The Morgan fingerprint density at radius 1 is 0.946 bits per heavy atom. The maximum atomic E-state index is 11.7. The number of rotatable bonds is 10. The third kappa shape index (κ3) is 9.51. The van der Waals surface area contributed by atoms with Crippen molar-refractivity contribution in [1.82, 2.24) is 4.98 Å². The molecule has 1 N–H and O–H groups in total. The Labute approximate surface area is 238 Å². The predicted molar refractivity (Wildman–Crippen MR) is 153 cm³/mol. The molecule has 203 valence electrons. The van der Waals surface area contributed by atoms with Crippen LogP contribution in [0.3, 0.4) is 0 Å². The number of hydrogen-bond donors (Lipinski definition) is 1. The number of aliphatic hydroxyl groups excluding tert-OH is 1. The Morgan fingerprint density at radius 2 is 1.57 bits per heavy atom. The van der Waals surface area contributed by atoms with Gasteiger partial charge in [-0.3, -0.25) is 9.78 Å². The topological polar surface area (TPSA) is 50.2 Å². The number of hydrogen-bond acceptors (Lipinski definition) is 3. The second-order valence-corrected chi connectivity index (χ2v) is 9.69. The molecule has 3 rings (SSSR count). The maximum Gasteiger partial charge on any atom is 0.162 e. The number of nitrogens with zero attached hydrogens (tertiary/aromatic N) is 1. The molecule has 0 spiro atoms. The first-order valence-electron chi connectivity index (χ1n) is 13.6. The van der Waals surface area contributed by atoms with Crippen LogP contribution in [-0.2, 0) is 31.3 Å². The van der Waals surface area contributed by atoms with Gasteiger partial charge < -0.3 is 5.11 Å². The summed E-state index contributed by atoms with van der Waals surface area (Å²) in [4.78, 5) is 16.6. The molecule has 0 aliphatic heterocycles. The van der Waals surface area contributed by atoms with Gasteiger partial charge in [0, 0.05) is 43.4 Å². The van der Waals surface area contributed by atoms with Gasteiger partial charge in [0.25, 0.3) is 0 Å². The molecule has 1 heterocycles. The van der Waals surface area contributed by atoms with E-state index in [0.717, 1.165) is 60.9 Å². The first kappa shape index (κ1) is 32.7. The van der Waals surface area contributed by atoms with Crippen LogP contribution in [0.25, 0.3) is 22.2 Å². The van der Waals surface area contributed by atoms with Crippen LogP contribution in [0.1, 0.15) is 83.4 Å². The molecule has 37 heavy (non-hydrogen) atoms. The summed E-state index contributed by atoms with van der Waals surface area (Å²) in [5.41, 5.74) is 7.00. The largest absolute Gasteiger partial charge is 0.512 e. The Kier molecular flexibility index (Phi) is 14.6. The van der Waals surface area contributed by atoms with Crippen molar-refractivity contribution >= 4 is 16.7 Å². The van der Waals surface area contributed by atoms with Gasteiger partial charge in [-0.05, 0) is 49.4 Å². The van der Waals surface area contributed by atoms with Crippen LogP contribution in [0.5, 0.6) is 0 Å². The number of allylic oxidation sites excluding steroid dienone is 2. The Bertz CT molecular complexity index is 1140. The summed E-state index contributed by atoms with van der Waals surface area (Å²) in [5, 5.41) is 11.0. The molecule has 0 saturated carbocycles. The van der Waals surface area contributed by atoms with E-state index in [1.807, 2.05) is 27.7 Å². The van der Waals surface area contributed by atoms with Gasteiger partial charge in [0.15, 0.2) is 5.78 Å². The van der Waals surface area contributed by atoms with Crippen LogP contribution in [0.2, 0.25) is 0 Å². The van der Waals surface area contributed by atoms with Gasteiger partial charge in [0.1, 0.15) is 0 Å². The standard InChI is InChI=1S/C20H20N.C13H24O2.Ir/c1-4-7-16-13-20(17-11-14(2)10-15(3)12-17)21-19-9-6-5-8-18(16)19;1-5-10(6-2)12(14)9-13(15)11(7-3)8-4;/h5-6,8-11,13H,4,7H2,1-3H3;9-11,14H,5-8H2,1-4H3;/q-1;;/b;12-9-;. The summed E-state index contributed by atoms with van der Waals surface area (Å²) < 4.78 is 0. The van der Waals surface area contributed by atoms with Crippen molar-refractivity contribution in [1.29, 1.82) is 0 Å². The predicted octanol–water partition coefficient (Wildman–Crippen LogP) is 9.14. The monoisotopic (exact) mass is 679 g/mol. The van der Waals surface area contributed by atoms with Gasteiger partial charge >= 0.3 is 0 Å². The third-order valence-electron chi connectivity index (χ3n) is 6.83. The van der Waals surface area contributed by atoms with Gasteiger partial charge in [0.2, 0.25) is 0 Å². The number of ketones is 1. The Hall–Kier alpha value is -2.29. The summed E-state index contributed by atoms with van der Waals surface area (Å²) in [7, 11) is 0. The fourth-order valence-corrected chi connectivity index (χ4v) is 4.67. The van der Waals surface area contributed by atoms with Gasteiger partial charge in [-0.2, -0.15) is 0 Å². The maximum absolute atomic E-state index is 11.7. The van der Waals surface area contributed by atoms with E-state index in [9.17, 15) is 9.90 Å². The molecule has 0 atom stereocenters. The molecule has 1 radical (unpaired) electrons. The Balaban J connectivity index is 0.000000384. The van der Waals surface area contributed by atoms with E-state index in [-0.39, 0.29) is 43.5 Å². The number of fused-ring (bicyclic) bond motifs is 1. The number of carbonyl (C=O) groups is 1. The zero-order valence-corrected chi connectivity index (χ0v) is 26.0. The van der Waals surface area contributed by atoms with Gasteiger partial charge in [-0.1, -0.05) is 79.2 Å². The number of benzene rings is 2. The van der Waals surface area contributed by atoms with Crippen LogP contribution < -0.4 is 0 Å². The van der Waals surface area contributed by atoms with E-state index in [1.54, 1.807) is 0 Å². The van der Waals surface area contributed by atoms with Gasteiger partial charge in [0.05, 0.1) is 11.3 Å². The number of para-hydroxylation sites is 1. The number of aliphatic hydroxyl groups is 1. The molecule has 0 saturated heterocycles. The normalized spacial score (nSPS) is 11.3. The smallest absolute Gasteiger partial charge is 0.162 e. The molecule has 2 aromatic carbocycles. The number of pyridine rings is 1. The summed E-state index contributed by atoms with van der Waals surface area (Å²) >= 11 is 0. The fraction of sp³-hybridized carbons (Fsp3) is 0.455. The molecule has 0 aliphatic rings. The van der Waals surface area contributed by atoms with E-state index < -0.39 is 0 Å². The summed E-state index contributed by atoms with van der Waals surface area (Å²) in [6, 6.07) is 18.4. The van der Waals surface area contributed by atoms with Gasteiger partial charge in [-0.15, -0.1) is 34.9 Å². The molecule has 0 amide bonds. The van der Waals surface area contributed by atoms with E-state index in [1.165, 1.54) is 22.6 Å². The zero-order valence-electron chi connectivity index (χ0n) is 23.7. The molecule has 0 bridgehead atoms. The first-order valence-corrected chi connectivity index (χ1v) is 13.6. The van der Waals surface area contributed by atoms with Gasteiger partial charge in [-0.25, -0.2) is 0 Å². The van der Waals surface area contributed by atoms with Crippen molar-refractivity contribution in [2.75, 3.05) is 0 Å². The first-order chi connectivity index (χ1) is 17.3. The fourth-order valence-electron chi connectivity index (χ4n) is 4.67. The molecule has 3 nitrogen and oxygen atoms in total. The second-order valence-electron chi connectivity index (χ2n) is 9.69. The number of carbonyl (C=O) groups excluding carboxylic acids is 1. The van der Waals surface area contributed by atoms with Crippen LogP contribution in [0.4, 0.5) is 0 Å². The van der Waals surface area contributed by atoms with Crippen molar-refractivity contribution in [3.05, 3.63) is 77.1 Å². The van der Waals surface area contributed by atoms with E-state index >= 15 is 0 Å². The summed E-state index contributed by atoms with van der Waals surface area (Å²) in [5.74, 6) is 0.547. The SMILES string of the molecule is CCC(CC)C(=O)/C=C(\O)C(CC)CC.CCCc1cc(-c2[c-]c(C)cc(C)c2)nc2ccccc12.[Ir]. The van der Waals surface area contributed by atoms with E-state index in [0.29, 0.717) is 0 Å². The quantitative estimate of drug-likeness (QED) is 0.132. The van der Waals surface area contributed by atoms with Crippen LogP contribution in [0, 0.1) is 31.7 Å². The average molecular weight is 679 g/mol. The molecule has 3 aromatic rings. The molecule has 0 unspecified atom stereocenters. The van der Waals surface area contributed by atoms with Crippen molar-refractivity contribution in [3.63, 3.8) is 0 Å². The molecule has 0 fully saturated rings. The van der Waals surface area contributed by atoms with Crippen LogP contribution in [0.15, 0.2) is 54.3 Å². The summed E-state index contributed by atoms with van der Waals surface area (Å²) in [6.07, 6.45) is 7.13. The second kappa shape index (κ2) is 16.5. The number of aromatic nitrogens is 1. The van der Waals surface area contributed by atoms with Crippen LogP contribution in [-0.4, -0.2) is 15.9 Å². The molecule has 0 aliphatic carbocycles. The van der Waals surface area contributed by atoms with Crippen LogP contribution >= 0.6 is 0 Å². The third-order valence-corrected chi connectivity index (χ3v) is 6.83. The Morgan fingerprint density at radius 3 is 2.14 bits per heavy atom. The van der Waals surface area contributed by atoms with E-state index in [4.69, 9.17) is 4.98 Å². The van der Waals surface area contributed by atoms with E-state index in [2.05, 4.69) is 69.3 Å². The van der Waals surface area contributed by atoms with Crippen molar-refractivity contribution < 1.29 is 30.0 Å². The van der Waals surface area contributed by atoms with Crippen molar-refractivity contribution in [3.8, 4) is 11.3 Å². The summed E-state index contributed by atoms with van der Waals surface area (Å²) in [6.45, 7) is 14.5. The van der Waals surface area contributed by atoms with Crippen molar-refractivity contribution in [2.24, 2.45) is 11.8 Å². The minimum Gasteiger partial charge on any atom is -0.512 e. The molecular weight excluding hydrogens is 635 g/mol. The van der Waals surface area contributed by atoms with Crippen molar-refractivity contribution in [2.45, 2.75) is 87.0 Å².